The van der Waals surface area contributed by atoms with Gasteiger partial charge in [0.1, 0.15) is 0 Å². The Balaban J connectivity index is 1.42. The molecule has 0 amide bonds. The molecule has 1 aromatic carbocycles. The van der Waals surface area contributed by atoms with E-state index >= 15 is 0 Å². The molecule has 0 aliphatic carbocycles. The summed E-state index contributed by atoms with van der Waals surface area (Å²) in [7, 11) is 0. The van der Waals surface area contributed by atoms with Gasteiger partial charge in [0.05, 0.1) is 12.6 Å². The zero-order valence-electron chi connectivity index (χ0n) is 15.0. The summed E-state index contributed by atoms with van der Waals surface area (Å²) in [5.74, 6) is 1.26. The molecule has 1 unspecified atom stereocenters. The van der Waals surface area contributed by atoms with E-state index in [4.69, 9.17) is 4.42 Å². The smallest absolute Gasteiger partial charge is 0.247 e. The number of hydrogen-bond acceptors (Lipinski definition) is 6. The Hall–Kier alpha value is -2.28. The van der Waals surface area contributed by atoms with Gasteiger partial charge < -0.3 is 4.42 Å². The van der Waals surface area contributed by atoms with E-state index in [1.54, 1.807) is 0 Å². The molecule has 0 spiro atoms. The summed E-state index contributed by atoms with van der Waals surface area (Å²) in [5.41, 5.74) is 3.61. The lowest BCUT2D eigenvalue weighted by Crippen LogP contribution is -2.34. The van der Waals surface area contributed by atoms with E-state index in [1.165, 1.54) is 20.9 Å². The van der Waals surface area contributed by atoms with Gasteiger partial charge in [-0.25, -0.2) is 0 Å². The molecule has 0 saturated carbocycles. The van der Waals surface area contributed by atoms with Gasteiger partial charge in [-0.3, -0.25) is 4.90 Å². The molecule has 1 aliphatic heterocycles. The molecule has 136 valence electrons. The molecule has 0 bridgehead atoms. The van der Waals surface area contributed by atoms with Gasteiger partial charge in [-0.2, -0.15) is 0 Å². The Kier molecular flexibility index (Phi) is 4.39. The minimum absolute atomic E-state index is 0.273. The molecule has 0 saturated heterocycles. The molecule has 4 aromatic rings. The first-order valence-electron chi connectivity index (χ1n) is 9.01. The summed E-state index contributed by atoms with van der Waals surface area (Å²) in [4.78, 5) is 5.32. The largest absolute Gasteiger partial charge is 0.419 e. The van der Waals surface area contributed by atoms with Crippen molar-refractivity contribution in [1.29, 1.82) is 0 Å². The first-order chi connectivity index (χ1) is 13.3. The molecule has 0 N–H and O–H groups in total. The fraction of sp³-hybridized carbons (Fsp3) is 0.238. The van der Waals surface area contributed by atoms with Crippen LogP contribution in [0.1, 0.15) is 32.8 Å². The molecule has 4 heterocycles. The van der Waals surface area contributed by atoms with Crippen LogP contribution in [0, 0.1) is 6.92 Å². The summed E-state index contributed by atoms with van der Waals surface area (Å²) in [5, 5.41) is 12.9. The third-order valence-electron chi connectivity index (χ3n) is 4.98. The van der Waals surface area contributed by atoms with Crippen molar-refractivity contribution in [2.24, 2.45) is 0 Å². The van der Waals surface area contributed by atoms with E-state index in [-0.39, 0.29) is 6.04 Å². The average Bonchev–Trinajstić information content (AvgIpc) is 3.44. The normalized spacial score (nSPS) is 17.1. The van der Waals surface area contributed by atoms with E-state index in [0.717, 1.165) is 18.5 Å². The highest BCUT2D eigenvalue weighted by Crippen LogP contribution is 2.40. The first kappa shape index (κ1) is 16.9. The van der Waals surface area contributed by atoms with E-state index in [0.29, 0.717) is 18.3 Å². The predicted octanol–water partition coefficient (Wildman–Crippen LogP) is 5.32. The van der Waals surface area contributed by atoms with E-state index in [9.17, 15) is 0 Å². The molecule has 0 radical (unpaired) electrons. The number of fused-ring (bicyclic) bond motifs is 1. The summed E-state index contributed by atoms with van der Waals surface area (Å²) in [6, 6.07) is 15.1. The van der Waals surface area contributed by atoms with Crippen molar-refractivity contribution in [1.82, 2.24) is 15.1 Å². The van der Waals surface area contributed by atoms with E-state index in [2.05, 4.69) is 63.1 Å². The van der Waals surface area contributed by atoms with Crippen LogP contribution in [0.3, 0.4) is 0 Å². The van der Waals surface area contributed by atoms with Gasteiger partial charge in [0, 0.05) is 21.9 Å². The van der Waals surface area contributed by atoms with Crippen LogP contribution in [0.15, 0.2) is 57.6 Å². The monoisotopic (exact) mass is 393 g/mol. The number of rotatable bonds is 4. The second-order valence-corrected chi connectivity index (χ2v) is 8.78. The maximum absolute atomic E-state index is 5.99. The maximum Gasteiger partial charge on any atom is 0.247 e. The number of thiophene rings is 2. The number of aromatic nitrogens is 2. The topological polar surface area (TPSA) is 42.2 Å². The zero-order valence-corrected chi connectivity index (χ0v) is 16.6. The molecule has 0 fully saturated rings. The van der Waals surface area contributed by atoms with Crippen LogP contribution in [0.4, 0.5) is 0 Å². The number of hydrogen-bond donors (Lipinski definition) is 0. The third kappa shape index (κ3) is 3.25. The van der Waals surface area contributed by atoms with Crippen LogP contribution in [0.5, 0.6) is 0 Å². The molecule has 5 rings (SSSR count). The van der Waals surface area contributed by atoms with Crippen molar-refractivity contribution in [2.45, 2.75) is 25.9 Å². The van der Waals surface area contributed by atoms with Gasteiger partial charge in [0.25, 0.3) is 0 Å². The Morgan fingerprint density at radius 2 is 1.96 bits per heavy atom. The van der Waals surface area contributed by atoms with Crippen molar-refractivity contribution in [3.63, 3.8) is 0 Å². The predicted molar refractivity (Wildman–Crippen MR) is 109 cm³/mol. The fourth-order valence-electron chi connectivity index (χ4n) is 3.62. The quantitative estimate of drug-likeness (QED) is 0.471. The van der Waals surface area contributed by atoms with Gasteiger partial charge in [-0.05, 0) is 53.9 Å². The van der Waals surface area contributed by atoms with Gasteiger partial charge in [0.15, 0.2) is 0 Å². The van der Waals surface area contributed by atoms with Crippen LogP contribution >= 0.6 is 22.7 Å². The lowest BCUT2D eigenvalue weighted by atomic mass is 9.98. The Bertz CT molecular complexity index is 1030. The highest BCUT2D eigenvalue weighted by Gasteiger charge is 2.31. The number of benzene rings is 1. The van der Waals surface area contributed by atoms with Crippen LogP contribution in [0.25, 0.3) is 11.5 Å². The molecule has 4 nitrogen and oxygen atoms in total. The van der Waals surface area contributed by atoms with Crippen molar-refractivity contribution in [3.05, 3.63) is 80.0 Å². The van der Waals surface area contributed by atoms with E-state index in [1.807, 2.05) is 34.8 Å². The van der Waals surface area contributed by atoms with Gasteiger partial charge in [-0.15, -0.1) is 32.9 Å². The highest BCUT2D eigenvalue weighted by atomic mass is 32.1. The molecular formula is C21H19N3OS2. The third-order valence-corrected chi connectivity index (χ3v) is 6.90. The highest BCUT2D eigenvalue weighted by molar-refractivity contribution is 7.10. The summed E-state index contributed by atoms with van der Waals surface area (Å²) in [6.07, 6.45) is 1.08. The molecule has 1 aliphatic rings. The Labute approximate surface area is 166 Å². The molecule has 6 heteroatoms. The molecular weight excluding hydrogens is 374 g/mol. The standard InChI is InChI=1S/C21H19N3OS2/c1-14-4-6-15(7-5-14)21-23-22-19(25-21)13-24-10-8-17-16(9-12-27-17)20(24)18-3-2-11-26-18/h2-7,9,11-12,20H,8,10,13H2,1H3. The Morgan fingerprint density at radius 3 is 2.78 bits per heavy atom. The molecule has 3 aromatic heterocycles. The van der Waals surface area contributed by atoms with Gasteiger partial charge >= 0.3 is 0 Å². The van der Waals surface area contributed by atoms with Crippen LogP contribution in [-0.2, 0) is 13.0 Å². The van der Waals surface area contributed by atoms with E-state index < -0.39 is 0 Å². The summed E-state index contributed by atoms with van der Waals surface area (Å²) < 4.78 is 5.99. The fourth-order valence-corrected chi connectivity index (χ4v) is 5.40. The van der Waals surface area contributed by atoms with Crippen molar-refractivity contribution < 1.29 is 4.42 Å². The summed E-state index contributed by atoms with van der Waals surface area (Å²) >= 11 is 3.67. The second kappa shape index (κ2) is 7.03. The zero-order chi connectivity index (χ0) is 18.2. The van der Waals surface area contributed by atoms with Crippen molar-refractivity contribution in [3.8, 4) is 11.5 Å². The number of nitrogens with zero attached hydrogens (tertiary/aromatic N) is 3. The second-order valence-electron chi connectivity index (χ2n) is 6.80. The Morgan fingerprint density at radius 1 is 1.07 bits per heavy atom. The minimum Gasteiger partial charge on any atom is -0.419 e. The molecule has 27 heavy (non-hydrogen) atoms. The molecule has 1 atom stereocenters. The SMILES string of the molecule is Cc1ccc(-c2nnc(CN3CCc4sccc4C3c3cccs3)o2)cc1. The summed E-state index contributed by atoms with van der Waals surface area (Å²) in [6.45, 7) is 3.73. The minimum atomic E-state index is 0.273. The lowest BCUT2D eigenvalue weighted by molar-refractivity contribution is 0.189. The van der Waals surface area contributed by atoms with Crippen LogP contribution < -0.4 is 0 Å². The maximum atomic E-state index is 5.99. The van der Waals surface area contributed by atoms with Crippen LogP contribution in [0.2, 0.25) is 0 Å². The van der Waals surface area contributed by atoms with Crippen LogP contribution in [-0.4, -0.2) is 21.6 Å². The number of aryl methyl sites for hydroxylation is 1. The average molecular weight is 394 g/mol. The van der Waals surface area contributed by atoms with Gasteiger partial charge in [-0.1, -0.05) is 23.8 Å². The van der Waals surface area contributed by atoms with Crippen molar-refractivity contribution in [2.75, 3.05) is 6.54 Å². The van der Waals surface area contributed by atoms with Crippen molar-refractivity contribution >= 4 is 22.7 Å². The van der Waals surface area contributed by atoms with Gasteiger partial charge in [0.2, 0.25) is 11.8 Å². The lowest BCUT2D eigenvalue weighted by Gasteiger charge is -2.34. The first-order valence-corrected chi connectivity index (χ1v) is 10.8.